The highest BCUT2D eigenvalue weighted by atomic mass is 19.4. The molecule has 7 heteroatoms. The van der Waals surface area contributed by atoms with Gasteiger partial charge in [-0.15, -0.1) is 0 Å². The van der Waals surface area contributed by atoms with Crippen molar-refractivity contribution in [3.8, 4) is 0 Å². The quantitative estimate of drug-likeness (QED) is 0.792. The van der Waals surface area contributed by atoms with E-state index >= 15 is 0 Å². The van der Waals surface area contributed by atoms with Crippen LogP contribution in [-0.4, -0.2) is 12.1 Å². The Labute approximate surface area is 81.9 Å². The highest BCUT2D eigenvalue weighted by molar-refractivity contribution is 5.13. The lowest BCUT2D eigenvalue weighted by atomic mass is 10.1. The first-order chi connectivity index (χ1) is 6.66. The molecule has 2 nitrogen and oxygen atoms in total. The molecule has 0 aliphatic rings. The van der Waals surface area contributed by atoms with Gasteiger partial charge in [-0.05, 0) is 19.1 Å². The molecule has 15 heavy (non-hydrogen) atoms. The van der Waals surface area contributed by atoms with Crippen molar-refractivity contribution in [2.45, 2.75) is 25.1 Å². The van der Waals surface area contributed by atoms with Gasteiger partial charge in [0.25, 0.3) is 0 Å². The second kappa shape index (κ2) is 3.48. The molecule has 0 aliphatic heterocycles. The standard InChI is InChI=1S/C8H8F5NO/c1-4-2-3-5(15-4)6(14)7(9,10)8(11,12)13/h2-3,6H,14H2,1H3. The van der Waals surface area contributed by atoms with Crippen LogP contribution in [0.5, 0.6) is 0 Å². The molecule has 1 rings (SSSR count). The van der Waals surface area contributed by atoms with Crippen LogP contribution in [-0.2, 0) is 0 Å². The van der Waals surface area contributed by atoms with Crippen molar-refractivity contribution >= 4 is 0 Å². The average molecular weight is 229 g/mol. The number of hydrogen-bond donors (Lipinski definition) is 1. The summed E-state index contributed by atoms with van der Waals surface area (Å²) in [6.07, 6.45) is -5.69. The Kier molecular flexibility index (Phi) is 2.77. The summed E-state index contributed by atoms with van der Waals surface area (Å²) in [4.78, 5) is 0. The number of rotatable bonds is 2. The molecule has 0 radical (unpaired) electrons. The predicted octanol–water partition coefficient (Wildman–Crippen LogP) is 2.79. The summed E-state index contributed by atoms with van der Waals surface area (Å²) in [5.74, 6) is -5.37. The molecule has 0 aromatic carbocycles. The van der Waals surface area contributed by atoms with Gasteiger partial charge in [-0.25, -0.2) is 0 Å². The SMILES string of the molecule is Cc1ccc(C(N)C(F)(F)C(F)(F)F)o1. The molecular weight excluding hydrogens is 221 g/mol. The van der Waals surface area contributed by atoms with E-state index in [2.05, 4.69) is 4.42 Å². The van der Waals surface area contributed by atoms with E-state index in [1.165, 1.54) is 13.0 Å². The molecule has 86 valence electrons. The molecule has 2 N–H and O–H groups in total. The Morgan fingerprint density at radius 2 is 1.73 bits per heavy atom. The third-order valence-corrected chi connectivity index (χ3v) is 1.84. The normalized spacial score (nSPS) is 15.4. The first-order valence-corrected chi connectivity index (χ1v) is 3.92. The monoisotopic (exact) mass is 229 g/mol. The smallest absolute Gasteiger partial charge is 0.455 e. The first-order valence-electron chi connectivity index (χ1n) is 3.92. The van der Waals surface area contributed by atoms with Gasteiger partial charge in [0, 0.05) is 0 Å². The maximum absolute atomic E-state index is 12.7. The minimum Gasteiger partial charge on any atom is -0.464 e. The van der Waals surface area contributed by atoms with Gasteiger partial charge in [0.2, 0.25) is 0 Å². The van der Waals surface area contributed by atoms with Crippen molar-refractivity contribution < 1.29 is 26.4 Å². The zero-order valence-electron chi connectivity index (χ0n) is 7.61. The van der Waals surface area contributed by atoms with E-state index in [0.29, 0.717) is 0 Å². The van der Waals surface area contributed by atoms with Gasteiger partial charge in [-0.3, -0.25) is 0 Å². The summed E-state index contributed by atoms with van der Waals surface area (Å²) in [5, 5.41) is 0. The highest BCUT2D eigenvalue weighted by Crippen LogP contribution is 2.43. The average Bonchev–Trinajstić information content (AvgIpc) is 2.48. The summed E-state index contributed by atoms with van der Waals surface area (Å²) >= 11 is 0. The van der Waals surface area contributed by atoms with Gasteiger partial charge < -0.3 is 10.2 Å². The molecule has 0 fully saturated rings. The molecule has 1 unspecified atom stereocenters. The minimum atomic E-state index is -5.69. The zero-order chi connectivity index (χ0) is 11.9. The molecule has 1 aromatic heterocycles. The molecular formula is C8H8F5NO. The molecule has 0 aliphatic carbocycles. The van der Waals surface area contributed by atoms with Crippen LogP contribution in [0.1, 0.15) is 17.6 Å². The van der Waals surface area contributed by atoms with Crippen LogP contribution in [0.3, 0.4) is 0 Å². The molecule has 0 amide bonds. The van der Waals surface area contributed by atoms with Gasteiger partial charge in [0.15, 0.2) is 0 Å². The third-order valence-electron chi connectivity index (χ3n) is 1.84. The number of furan rings is 1. The largest absolute Gasteiger partial charge is 0.464 e. The fourth-order valence-electron chi connectivity index (χ4n) is 0.976. The van der Waals surface area contributed by atoms with Crippen LogP contribution in [0.15, 0.2) is 16.5 Å². The second-order valence-electron chi connectivity index (χ2n) is 3.05. The van der Waals surface area contributed by atoms with Gasteiger partial charge in [0.1, 0.15) is 17.6 Å². The van der Waals surface area contributed by atoms with E-state index < -0.39 is 23.9 Å². The van der Waals surface area contributed by atoms with Gasteiger partial charge in [0.05, 0.1) is 0 Å². The van der Waals surface area contributed by atoms with Crippen molar-refractivity contribution in [3.63, 3.8) is 0 Å². The third kappa shape index (κ3) is 2.11. The maximum atomic E-state index is 12.7. The van der Waals surface area contributed by atoms with Crippen molar-refractivity contribution in [2.24, 2.45) is 5.73 Å². The molecule has 0 saturated heterocycles. The summed E-state index contributed by atoms with van der Waals surface area (Å²) in [7, 11) is 0. The predicted molar refractivity (Wildman–Crippen MR) is 41.4 cm³/mol. The number of hydrogen-bond acceptors (Lipinski definition) is 2. The van der Waals surface area contributed by atoms with Crippen LogP contribution in [0, 0.1) is 6.92 Å². The van der Waals surface area contributed by atoms with Crippen LogP contribution < -0.4 is 5.73 Å². The maximum Gasteiger partial charge on any atom is 0.455 e. The van der Waals surface area contributed by atoms with E-state index in [4.69, 9.17) is 5.73 Å². The van der Waals surface area contributed by atoms with Crippen LogP contribution in [0.2, 0.25) is 0 Å². The summed E-state index contributed by atoms with van der Waals surface area (Å²) in [6, 6.07) is -0.257. The van der Waals surface area contributed by atoms with Crippen molar-refractivity contribution in [2.75, 3.05) is 0 Å². The molecule has 1 aromatic rings. The summed E-state index contributed by atoms with van der Waals surface area (Å²) in [5.41, 5.74) is 4.81. The van der Waals surface area contributed by atoms with Gasteiger partial charge >= 0.3 is 12.1 Å². The zero-order valence-corrected chi connectivity index (χ0v) is 7.61. The molecule has 0 spiro atoms. The van der Waals surface area contributed by atoms with Crippen LogP contribution in [0.4, 0.5) is 22.0 Å². The van der Waals surface area contributed by atoms with E-state index in [1.807, 2.05) is 0 Å². The number of nitrogens with two attached hydrogens (primary N) is 1. The Bertz CT molecular complexity index is 343. The van der Waals surface area contributed by atoms with Crippen LogP contribution in [0.25, 0.3) is 0 Å². The Morgan fingerprint density at radius 3 is 2.07 bits per heavy atom. The Morgan fingerprint density at radius 1 is 1.20 bits per heavy atom. The minimum absolute atomic E-state index is 0.221. The number of alkyl halides is 5. The lowest BCUT2D eigenvalue weighted by Gasteiger charge is -2.24. The summed E-state index contributed by atoms with van der Waals surface area (Å²) < 4.78 is 65.8. The fraction of sp³-hybridized carbons (Fsp3) is 0.500. The van der Waals surface area contributed by atoms with E-state index in [9.17, 15) is 22.0 Å². The summed E-state index contributed by atoms with van der Waals surface area (Å²) in [6.45, 7) is 1.42. The van der Waals surface area contributed by atoms with Gasteiger partial charge in [-0.2, -0.15) is 22.0 Å². The fourth-order valence-corrected chi connectivity index (χ4v) is 0.976. The molecule has 1 atom stereocenters. The van der Waals surface area contributed by atoms with Crippen molar-refractivity contribution in [1.29, 1.82) is 0 Å². The Hall–Kier alpha value is -1.11. The molecule has 1 heterocycles. The second-order valence-corrected chi connectivity index (χ2v) is 3.05. The lowest BCUT2D eigenvalue weighted by molar-refractivity contribution is -0.292. The van der Waals surface area contributed by atoms with E-state index in [0.717, 1.165) is 6.07 Å². The number of aryl methyl sites for hydroxylation is 1. The van der Waals surface area contributed by atoms with Crippen molar-refractivity contribution in [3.05, 3.63) is 23.7 Å². The number of halogens is 5. The van der Waals surface area contributed by atoms with E-state index in [-0.39, 0.29) is 5.76 Å². The van der Waals surface area contributed by atoms with E-state index in [1.54, 1.807) is 0 Å². The first kappa shape index (κ1) is 12.0. The lowest BCUT2D eigenvalue weighted by Crippen LogP contribution is -2.45. The Balaban J connectivity index is 2.99. The molecule has 0 bridgehead atoms. The topological polar surface area (TPSA) is 39.2 Å². The highest BCUT2D eigenvalue weighted by Gasteiger charge is 2.62. The van der Waals surface area contributed by atoms with Crippen LogP contribution >= 0.6 is 0 Å². The van der Waals surface area contributed by atoms with Gasteiger partial charge in [-0.1, -0.05) is 0 Å². The van der Waals surface area contributed by atoms with Crippen molar-refractivity contribution in [1.82, 2.24) is 0 Å². The molecule has 0 saturated carbocycles.